The van der Waals surface area contributed by atoms with E-state index in [9.17, 15) is 84.3 Å². The number of rotatable bonds is 55. The molecule has 5 fully saturated rings. The number of Topliss-reactive ketones (excluding diaryl/α,β-unsaturated/α-hetero) is 2. The first kappa shape index (κ1) is 115. The highest BCUT2D eigenvalue weighted by molar-refractivity contribution is 7.91. The normalized spacial score (nSPS) is 20.0. The Morgan fingerprint density at radius 3 is 1.09 bits per heavy atom. The van der Waals surface area contributed by atoms with Gasteiger partial charge in [0.05, 0.1) is 102 Å². The number of carboxylic acids is 2. The predicted molar refractivity (Wildman–Crippen MR) is 508 cm³/mol. The third-order valence-corrected chi connectivity index (χ3v) is 31.3. The lowest BCUT2D eigenvalue weighted by atomic mass is 9.83. The fourth-order valence-electron chi connectivity index (χ4n) is 19.4. The Bertz CT molecular complexity index is 4510. The van der Waals surface area contributed by atoms with E-state index < -0.39 is 163 Å². The van der Waals surface area contributed by atoms with Crippen molar-refractivity contribution in [2.75, 3.05) is 110 Å². The number of carbonyl (C=O) groups is 13. The molecule has 9 amide bonds. The number of amides is 9. The van der Waals surface area contributed by atoms with E-state index in [4.69, 9.17) is 33.5 Å². The minimum atomic E-state index is -3.98. The number of benzene rings is 2. The quantitative estimate of drug-likeness (QED) is 0.0392. The number of sulfonamides is 2. The van der Waals surface area contributed by atoms with Gasteiger partial charge < -0.3 is 73.8 Å². The van der Waals surface area contributed by atoms with Crippen LogP contribution in [0.1, 0.15) is 204 Å². The van der Waals surface area contributed by atoms with Gasteiger partial charge in [-0.1, -0.05) is 134 Å². The van der Waals surface area contributed by atoms with E-state index in [0.717, 1.165) is 0 Å². The van der Waals surface area contributed by atoms with Crippen LogP contribution in [0.3, 0.4) is 0 Å². The molecule has 2 aromatic rings. The van der Waals surface area contributed by atoms with Crippen LogP contribution in [0.25, 0.3) is 0 Å². The Hall–Kier alpha value is -8.79. The number of hydrogen-bond donors (Lipinski definition) is 6. The number of nitrogens with one attached hydrogen (secondary N) is 4. The smallest absolute Gasteiger partial charge is 0.341 e. The first-order chi connectivity index (χ1) is 63.3. The van der Waals surface area contributed by atoms with Crippen LogP contribution in [-0.4, -0.2) is 331 Å². The van der Waals surface area contributed by atoms with Crippen LogP contribution in [0.5, 0.6) is 11.5 Å². The third-order valence-electron chi connectivity index (χ3n) is 27.7. The number of carboxylic acid groups (broad SMARTS) is 2. The van der Waals surface area contributed by atoms with Gasteiger partial charge in [0, 0.05) is 106 Å². The van der Waals surface area contributed by atoms with Gasteiger partial charge in [-0.3, -0.25) is 76.8 Å². The fourth-order valence-corrected chi connectivity index (χ4v) is 22.1. The Morgan fingerprint density at radius 1 is 0.444 bits per heavy atom. The number of ketones is 2. The second-order valence-corrected chi connectivity index (χ2v) is 43.3. The van der Waals surface area contributed by atoms with E-state index in [0.29, 0.717) is 107 Å². The largest absolute Gasteiger partial charge is 0.484 e. The van der Waals surface area contributed by atoms with E-state index in [-0.39, 0.29) is 146 Å². The van der Waals surface area contributed by atoms with Crippen LogP contribution < -0.4 is 29.6 Å². The van der Waals surface area contributed by atoms with Crippen LogP contribution in [0.15, 0.2) is 48.5 Å². The predicted octanol–water partition coefficient (Wildman–Crippen LogP) is 6.90. The molecule has 0 bridgehead atoms. The van der Waals surface area contributed by atoms with Crippen molar-refractivity contribution in [3.8, 4) is 11.5 Å². The van der Waals surface area contributed by atoms with Crippen molar-refractivity contribution in [2.45, 2.75) is 289 Å². The molecule has 2 aliphatic carbocycles. The molecular weight excluding hydrogens is 1780 g/mol. The Kier molecular flexibility index (Phi) is 45.0. The maximum atomic E-state index is 14.5. The van der Waals surface area contributed by atoms with Gasteiger partial charge in [0.2, 0.25) is 55.5 Å². The second kappa shape index (κ2) is 52.8. The van der Waals surface area contributed by atoms with Crippen molar-refractivity contribution in [3.05, 3.63) is 59.7 Å². The van der Waals surface area contributed by atoms with Crippen molar-refractivity contribution in [3.63, 3.8) is 0 Å². The number of methoxy groups -OCH3 is 4. The molecule has 762 valence electrons. The molecule has 3 saturated heterocycles. The molecular formula is C97H157N11O25S2. The maximum Gasteiger partial charge on any atom is 0.341 e. The maximum absolute atomic E-state index is 14.5. The molecule has 38 heteroatoms. The summed E-state index contributed by atoms with van der Waals surface area (Å²) in [6.07, 6.45) is 2.57. The highest BCUT2D eigenvalue weighted by atomic mass is 32.2. The number of likely N-dealkylation sites (tertiary alicyclic amines) is 3. The number of hydrogen-bond acceptors (Lipinski definition) is 25. The molecule has 5 aliphatic rings. The van der Waals surface area contributed by atoms with E-state index in [2.05, 4.69) is 20.1 Å². The third kappa shape index (κ3) is 32.4. The fraction of sp³-hybridized carbons (Fsp3) is 0.742. The van der Waals surface area contributed by atoms with E-state index in [1.165, 1.54) is 45.5 Å². The van der Waals surface area contributed by atoms with Crippen molar-refractivity contribution >= 4 is 96.7 Å². The zero-order valence-electron chi connectivity index (χ0n) is 84.0. The molecule has 0 radical (unpaired) electrons. The topological polar surface area (TPSA) is 457 Å². The van der Waals surface area contributed by atoms with Gasteiger partial charge in [-0.2, -0.15) is 0 Å². The van der Waals surface area contributed by atoms with E-state index in [1.54, 1.807) is 83.9 Å². The summed E-state index contributed by atoms with van der Waals surface area (Å²) in [4.78, 5) is 187. The Morgan fingerprint density at radius 2 is 0.800 bits per heavy atom. The van der Waals surface area contributed by atoms with E-state index in [1.807, 2.05) is 121 Å². The highest BCUT2D eigenvalue weighted by Gasteiger charge is 2.49. The van der Waals surface area contributed by atoms with Crippen LogP contribution in [0.2, 0.25) is 0 Å². The van der Waals surface area contributed by atoms with Crippen molar-refractivity contribution in [1.29, 1.82) is 0 Å². The molecule has 2 saturated carbocycles. The zero-order chi connectivity index (χ0) is 101. The van der Waals surface area contributed by atoms with Gasteiger partial charge in [0.25, 0.3) is 17.7 Å². The summed E-state index contributed by atoms with van der Waals surface area (Å²) in [5.74, 6) is -9.56. The summed E-state index contributed by atoms with van der Waals surface area (Å²) in [6, 6.07) is 7.24. The summed E-state index contributed by atoms with van der Waals surface area (Å²) in [5, 5.41) is 22.3. The van der Waals surface area contributed by atoms with Crippen molar-refractivity contribution in [2.24, 2.45) is 65.1 Å². The van der Waals surface area contributed by atoms with Gasteiger partial charge in [-0.15, -0.1) is 0 Å². The second-order valence-electron chi connectivity index (χ2n) is 39.4. The molecule has 6 N–H and O–H groups in total. The minimum Gasteiger partial charge on any atom is -0.484 e. The average molecular weight is 1940 g/mol. The molecule has 0 spiro atoms. The standard InChI is InChI=1S/C51H82N6O13S.C46H75N5O12S/c1-13-32(6)46(55(10)50(63)38(30(2)3)26-41(58)45(31(4)5)54(8)9)42(68-11)27-43(59)57-23-14-15-40(57)47(69-12)33(7)48(61)52-39(49(62)53-71(66,67)37-20-21-37)25-34-16-18-36(19-17-34)70-29-44(60)56-24-22-35(28-56)51(64)65;1-13-29(6)42(50(10)46(58)34(27(2)3)24-37(52)41(28(4)5)49(8)9)38(61-11)25-39(53)51-22-14-15-36(51)43(62-12)30(7)44(56)47-35(45(57)48-64(59,60)33-20-21-33)23-31-16-18-32(19-17-31)63-26-40(54)55/h16-19,30-33,35,37-40,42,45-47H,13-15,20-29H2,1-12H3,(H,52,61)(H,53,62)(H,64,65);16-19,27-30,33-36,38,41-43H,13-15,20-26H2,1-12H3,(H,47,56)(H,48,57)(H,54,55)/t32-,33+,35+,38-,39-,40-,42+,45-,46-,47+;29-,30+,34-,35-,36-,38+,41-,42-,43+/m00/s1. The summed E-state index contributed by atoms with van der Waals surface area (Å²) in [6.45, 7) is 27.4. The molecule has 135 heavy (non-hydrogen) atoms. The van der Waals surface area contributed by atoms with E-state index >= 15 is 0 Å². The number of ether oxygens (including phenoxy) is 6. The Labute approximate surface area is 800 Å². The molecule has 0 unspecified atom stereocenters. The van der Waals surface area contributed by atoms with Gasteiger partial charge in [0.1, 0.15) is 23.6 Å². The molecule has 3 heterocycles. The molecule has 36 nitrogen and oxygen atoms in total. The first-order valence-corrected chi connectivity index (χ1v) is 50.9. The average Bonchev–Trinajstić information content (AvgIpc) is 1.80. The highest BCUT2D eigenvalue weighted by Crippen LogP contribution is 2.37. The van der Waals surface area contributed by atoms with Gasteiger partial charge in [0.15, 0.2) is 24.8 Å². The van der Waals surface area contributed by atoms with Crippen LogP contribution in [0.4, 0.5) is 0 Å². The summed E-state index contributed by atoms with van der Waals surface area (Å²) in [7, 11) is 8.93. The summed E-state index contributed by atoms with van der Waals surface area (Å²) >= 11 is 0. The zero-order valence-corrected chi connectivity index (χ0v) is 85.7. The number of likely N-dealkylation sites (N-methyl/N-ethyl adjacent to an activating group) is 4. The monoisotopic (exact) mass is 1940 g/mol. The van der Waals surface area contributed by atoms with Gasteiger partial charge in [-0.25, -0.2) is 21.6 Å². The lowest BCUT2D eigenvalue weighted by Crippen LogP contribution is -2.55. The Balaban J connectivity index is 0.000000417. The molecule has 19 atom stereocenters. The minimum absolute atomic E-state index is 0.00215. The van der Waals surface area contributed by atoms with Crippen molar-refractivity contribution in [1.82, 2.24) is 54.4 Å². The van der Waals surface area contributed by atoms with Gasteiger partial charge in [-0.05, 0) is 157 Å². The molecule has 2 aromatic carbocycles. The lowest BCUT2D eigenvalue weighted by Gasteiger charge is -2.41. The van der Waals surface area contributed by atoms with Crippen LogP contribution in [-0.2, 0) is 114 Å². The van der Waals surface area contributed by atoms with Crippen LogP contribution in [0, 0.1) is 65.1 Å². The summed E-state index contributed by atoms with van der Waals surface area (Å²) < 4.78 is 90.6. The first-order valence-electron chi connectivity index (χ1n) is 47.8. The lowest BCUT2D eigenvalue weighted by molar-refractivity contribution is -0.149. The van der Waals surface area contributed by atoms with Crippen LogP contribution >= 0.6 is 0 Å². The molecule has 7 rings (SSSR count). The summed E-state index contributed by atoms with van der Waals surface area (Å²) in [5.41, 5.74) is 1.09. The number of carbonyl (C=O) groups excluding carboxylic acids is 11. The number of aliphatic carboxylic acids is 2. The SMILES string of the molecule is CC[C@H](C)[C@@H]([C@@H](CC(=O)N1CCC[C@H]1[C@H](OC)[C@@H](C)C(=O)N[C@@H](Cc1ccc(OCC(=O)N2CC[C@@H](C(=O)O)C2)cc1)C(=O)NS(=O)(=O)C1CC1)OC)N(C)C(=O)[C@@H](CC(=O)[C@H](C(C)C)N(C)C)C(C)C.CC[C@H](C)[C@@H]([C@@H](CC(=O)N1CCC[C@H]1[C@H](OC)[C@@H](C)C(=O)N[C@@H](Cc1ccc(OCC(=O)O)cc1)C(=O)NS(=O)(=O)C1CC1)OC)N(C)C(=O)[C@@H](CC(=O)[C@H](C(C)C)N(C)C)C(C)C. The van der Waals surface area contributed by atoms with Gasteiger partial charge >= 0.3 is 11.9 Å². The number of nitrogens with zero attached hydrogens (tertiary/aromatic N) is 7. The van der Waals surface area contributed by atoms with Crippen molar-refractivity contribution < 1.29 is 118 Å². The molecule has 3 aliphatic heterocycles. The molecule has 0 aromatic heterocycles.